The molecule has 84 valence electrons. The van der Waals surface area contributed by atoms with E-state index in [1.165, 1.54) is 11.1 Å². The fourth-order valence-corrected chi connectivity index (χ4v) is 2.16. The average Bonchev–Trinajstić information content (AvgIpc) is 2.35. The zero-order valence-corrected chi connectivity index (χ0v) is 9.84. The Morgan fingerprint density at radius 3 is 3.00 bits per heavy atom. The molecule has 1 aliphatic carbocycles. The summed E-state index contributed by atoms with van der Waals surface area (Å²) in [7, 11) is 1.71. The van der Waals surface area contributed by atoms with Crippen LogP contribution < -0.4 is 10.1 Å². The van der Waals surface area contributed by atoms with Crippen LogP contribution in [0.25, 0.3) is 0 Å². The molecule has 0 saturated heterocycles. The normalized spacial score (nSPS) is 18.0. The predicted octanol–water partition coefficient (Wildman–Crippen LogP) is 2.12. The molecule has 1 aromatic rings. The second-order valence-electron chi connectivity index (χ2n) is 4.09. The summed E-state index contributed by atoms with van der Waals surface area (Å²) in [4.78, 5) is 0. The van der Waals surface area contributed by atoms with Crippen LogP contribution in [0.15, 0.2) is 18.2 Å². The minimum Gasteiger partial charge on any atom is -0.497 e. The molecule has 1 aliphatic rings. The van der Waals surface area contributed by atoms with Gasteiger partial charge in [-0.3, -0.25) is 0 Å². The molecule has 1 aromatic carbocycles. The van der Waals surface area contributed by atoms with E-state index in [2.05, 4.69) is 29.4 Å². The minimum atomic E-state index is 0.479. The van der Waals surface area contributed by atoms with Crippen molar-refractivity contribution in [3.63, 3.8) is 0 Å². The lowest BCUT2D eigenvalue weighted by Gasteiger charge is -2.24. The maximum atomic E-state index is 5.25. The fraction of sp³-hybridized carbons (Fsp3) is 0.429. The Kier molecular flexibility index (Phi) is 3.36. The third-order valence-electron chi connectivity index (χ3n) is 3.04. The highest BCUT2D eigenvalue weighted by atomic mass is 16.5. The van der Waals surface area contributed by atoms with Gasteiger partial charge in [0, 0.05) is 12.1 Å². The molecule has 2 rings (SSSR count). The molecule has 1 N–H and O–H groups in total. The van der Waals surface area contributed by atoms with Crippen LogP contribution in [0.1, 0.15) is 24.5 Å². The van der Waals surface area contributed by atoms with Gasteiger partial charge in [0.15, 0.2) is 0 Å². The van der Waals surface area contributed by atoms with Gasteiger partial charge in [-0.15, -0.1) is 0 Å². The first-order valence-electron chi connectivity index (χ1n) is 5.66. The Bertz CT molecular complexity index is 428. The molecule has 0 saturated carbocycles. The summed E-state index contributed by atoms with van der Waals surface area (Å²) in [5.41, 5.74) is 2.84. The molecule has 0 fully saturated rings. The average molecular weight is 215 g/mol. The molecule has 0 bridgehead atoms. The first-order chi connectivity index (χ1) is 7.83. The number of benzene rings is 1. The van der Waals surface area contributed by atoms with Crippen LogP contribution in [0.5, 0.6) is 5.75 Å². The van der Waals surface area contributed by atoms with E-state index in [4.69, 9.17) is 4.74 Å². The third kappa shape index (κ3) is 2.30. The molecule has 0 radical (unpaired) electrons. The molecule has 0 spiro atoms. The number of fused-ring (bicyclic) bond motifs is 1. The van der Waals surface area contributed by atoms with Crippen molar-refractivity contribution in [2.24, 2.45) is 0 Å². The van der Waals surface area contributed by atoms with Gasteiger partial charge in [0.1, 0.15) is 5.75 Å². The predicted molar refractivity (Wildman–Crippen MR) is 65.4 cm³/mol. The molecule has 0 heterocycles. The van der Waals surface area contributed by atoms with E-state index >= 15 is 0 Å². The number of ether oxygens (including phenoxy) is 1. The summed E-state index contributed by atoms with van der Waals surface area (Å²) in [5.74, 6) is 3.82. The number of hydrogen-bond acceptors (Lipinski definition) is 2. The van der Waals surface area contributed by atoms with Gasteiger partial charge in [-0.2, -0.15) is 0 Å². The van der Waals surface area contributed by atoms with E-state index in [9.17, 15) is 0 Å². The summed E-state index contributed by atoms with van der Waals surface area (Å²) >= 11 is 0. The Morgan fingerprint density at radius 1 is 1.38 bits per heavy atom. The van der Waals surface area contributed by atoms with Crippen LogP contribution in [0.2, 0.25) is 0 Å². The SMILES string of the molecule is CC#CN[C@H]1CCc2ccc(OC)cc2C1. The first kappa shape index (κ1) is 10.9. The van der Waals surface area contributed by atoms with Crippen LogP contribution >= 0.6 is 0 Å². The Labute approximate surface area is 97.0 Å². The number of methoxy groups -OCH3 is 1. The van der Waals surface area contributed by atoms with Crippen LogP contribution in [0.4, 0.5) is 0 Å². The number of hydrogen-bond donors (Lipinski definition) is 1. The van der Waals surface area contributed by atoms with Gasteiger partial charge in [0.25, 0.3) is 0 Å². The first-order valence-corrected chi connectivity index (χ1v) is 5.66. The molecular weight excluding hydrogens is 198 g/mol. The second-order valence-corrected chi connectivity index (χ2v) is 4.09. The van der Waals surface area contributed by atoms with Gasteiger partial charge in [-0.1, -0.05) is 12.0 Å². The monoisotopic (exact) mass is 215 g/mol. The van der Waals surface area contributed by atoms with Crippen molar-refractivity contribution in [3.8, 4) is 17.7 Å². The summed E-state index contributed by atoms with van der Waals surface area (Å²) in [6, 6.07) is 9.78. The molecule has 0 aromatic heterocycles. The minimum absolute atomic E-state index is 0.479. The Balaban J connectivity index is 2.13. The van der Waals surface area contributed by atoms with E-state index in [-0.39, 0.29) is 0 Å². The van der Waals surface area contributed by atoms with E-state index in [1.54, 1.807) is 7.11 Å². The van der Waals surface area contributed by atoms with Gasteiger partial charge in [-0.25, -0.2) is 0 Å². The van der Waals surface area contributed by atoms with E-state index in [0.717, 1.165) is 25.0 Å². The van der Waals surface area contributed by atoms with Crippen molar-refractivity contribution >= 4 is 0 Å². The van der Waals surface area contributed by atoms with Crippen LogP contribution in [-0.2, 0) is 12.8 Å². The molecule has 2 heteroatoms. The quantitative estimate of drug-likeness (QED) is 0.602. The Hall–Kier alpha value is -1.62. The lowest BCUT2D eigenvalue weighted by atomic mass is 9.88. The van der Waals surface area contributed by atoms with Gasteiger partial charge in [0.05, 0.1) is 7.11 Å². The van der Waals surface area contributed by atoms with Crippen LogP contribution in [0.3, 0.4) is 0 Å². The van der Waals surface area contributed by atoms with Crippen LogP contribution in [-0.4, -0.2) is 13.2 Å². The maximum absolute atomic E-state index is 5.25. The summed E-state index contributed by atoms with van der Waals surface area (Å²) in [5, 5.41) is 3.25. The summed E-state index contributed by atoms with van der Waals surface area (Å²) < 4.78 is 5.25. The van der Waals surface area contributed by atoms with E-state index < -0.39 is 0 Å². The summed E-state index contributed by atoms with van der Waals surface area (Å²) in [6.45, 7) is 1.85. The maximum Gasteiger partial charge on any atom is 0.119 e. The smallest absolute Gasteiger partial charge is 0.119 e. The lowest BCUT2D eigenvalue weighted by Crippen LogP contribution is -2.31. The van der Waals surface area contributed by atoms with Crippen molar-refractivity contribution in [3.05, 3.63) is 29.3 Å². The van der Waals surface area contributed by atoms with Crippen molar-refractivity contribution in [1.29, 1.82) is 0 Å². The molecule has 0 aliphatic heterocycles. The van der Waals surface area contributed by atoms with Crippen molar-refractivity contribution in [2.45, 2.75) is 32.2 Å². The van der Waals surface area contributed by atoms with Crippen molar-refractivity contribution in [1.82, 2.24) is 5.32 Å². The molecular formula is C14H17NO. The third-order valence-corrected chi connectivity index (χ3v) is 3.04. The second kappa shape index (κ2) is 4.94. The molecule has 1 atom stereocenters. The number of aryl methyl sites for hydroxylation is 1. The van der Waals surface area contributed by atoms with Crippen LogP contribution in [0, 0.1) is 12.0 Å². The zero-order valence-electron chi connectivity index (χ0n) is 9.84. The van der Waals surface area contributed by atoms with Gasteiger partial charge < -0.3 is 10.1 Å². The zero-order chi connectivity index (χ0) is 11.4. The van der Waals surface area contributed by atoms with E-state index in [0.29, 0.717) is 6.04 Å². The lowest BCUT2D eigenvalue weighted by molar-refractivity contribution is 0.412. The molecule has 16 heavy (non-hydrogen) atoms. The molecule has 2 nitrogen and oxygen atoms in total. The standard InChI is InChI=1S/C14H17NO/c1-3-8-15-13-6-4-11-5-7-14(16-2)10-12(11)9-13/h5,7,10,13,15H,4,6,9H2,1-2H3/t13-/m0/s1. The fourth-order valence-electron chi connectivity index (χ4n) is 2.16. The molecule has 0 unspecified atom stereocenters. The highest BCUT2D eigenvalue weighted by molar-refractivity contribution is 5.38. The largest absolute Gasteiger partial charge is 0.497 e. The topological polar surface area (TPSA) is 21.3 Å². The van der Waals surface area contributed by atoms with Gasteiger partial charge >= 0.3 is 0 Å². The van der Waals surface area contributed by atoms with Gasteiger partial charge in [0.2, 0.25) is 0 Å². The Morgan fingerprint density at radius 2 is 2.25 bits per heavy atom. The highest BCUT2D eigenvalue weighted by Crippen LogP contribution is 2.25. The van der Waals surface area contributed by atoms with Crippen molar-refractivity contribution < 1.29 is 4.74 Å². The number of nitrogens with one attached hydrogen (secondary N) is 1. The number of rotatable bonds is 2. The van der Waals surface area contributed by atoms with Crippen molar-refractivity contribution in [2.75, 3.05) is 7.11 Å². The van der Waals surface area contributed by atoms with E-state index in [1.807, 2.05) is 13.0 Å². The highest BCUT2D eigenvalue weighted by Gasteiger charge is 2.17. The van der Waals surface area contributed by atoms with Gasteiger partial charge in [-0.05, 0) is 49.4 Å². The summed E-state index contributed by atoms with van der Waals surface area (Å²) in [6.07, 6.45) is 3.33. The molecule has 0 amide bonds.